The molecular weight excluding hydrogens is 464 g/mol. The largest absolute Gasteiger partial charge is 0.444 e. The van der Waals surface area contributed by atoms with Crippen molar-refractivity contribution >= 4 is 24.0 Å². The molecule has 2 fully saturated rings. The Labute approximate surface area is 213 Å². The van der Waals surface area contributed by atoms with Crippen LogP contribution in [0.4, 0.5) is 9.59 Å². The van der Waals surface area contributed by atoms with Gasteiger partial charge in [-0.1, -0.05) is 12.1 Å². The van der Waals surface area contributed by atoms with Crippen LogP contribution in [0.5, 0.6) is 0 Å². The molecule has 0 radical (unpaired) electrons. The van der Waals surface area contributed by atoms with Crippen LogP contribution in [0.2, 0.25) is 0 Å². The zero-order valence-electron chi connectivity index (χ0n) is 22.2. The standard InChI is InChI=1S/C26H38N4O6/c1-25(2,3)35-23(33)29-15-11-27(12-16-29)21(31)19-9-7-8-10-20(19)22(32)28-13-17-30(18-14-28)24(34)36-26(4,5)6/h7-10H,11-18H2,1-6H3. The first-order valence-electron chi connectivity index (χ1n) is 12.4. The number of hydrogen-bond acceptors (Lipinski definition) is 6. The van der Waals surface area contributed by atoms with Crippen molar-refractivity contribution in [3.8, 4) is 0 Å². The molecule has 0 aliphatic carbocycles. The van der Waals surface area contributed by atoms with Crippen LogP contribution < -0.4 is 0 Å². The van der Waals surface area contributed by atoms with Crippen molar-refractivity contribution in [2.45, 2.75) is 52.7 Å². The topological polar surface area (TPSA) is 99.7 Å². The predicted octanol–water partition coefficient (Wildman–Crippen LogP) is 3.07. The molecule has 0 saturated carbocycles. The van der Waals surface area contributed by atoms with Gasteiger partial charge in [-0.2, -0.15) is 0 Å². The fraction of sp³-hybridized carbons (Fsp3) is 0.615. The van der Waals surface area contributed by atoms with E-state index in [1.807, 2.05) is 41.5 Å². The second kappa shape index (κ2) is 10.8. The van der Waals surface area contributed by atoms with Gasteiger partial charge in [-0.25, -0.2) is 9.59 Å². The zero-order chi connectivity index (χ0) is 26.7. The molecule has 2 aliphatic rings. The maximum absolute atomic E-state index is 13.3. The predicted molar refractivity (Wildman–Crippen MR) is 134 cm³/mol. The van der Waals surface area contributed by atoms with E-state index in [1.165, 1.54) is 0 Å². The molecule has 10 nitrogen and oxygen atoms in total. The van der Waals surface area contributed by atoms with Crippen LogP contribution in [-0.4, -0.2) is 107 Å². The molecule has 0 spiro atoms. The molecular formula is C26H38N4O6. The van der Waals surface area contributed by atoms with Gasteiger partial charge in [0.05, 0.1) is 11.1 Å². The summed E-state index contributed by atoms with van der Waals surface area (Å²) in [5, 5.41) is 0. The van der Waals surface area contributed by atoms with Gasteiger partial charge in [-0.05, 0) is 53.7 Å². The lowest BCUT2D eigenvalue weighted by Crippen LogP contribution is -2.52. The highest BCUT2D eigenvalue weighted by atomic mass is 16.6. The van der Waals surface area contributed by atoms with Crippen LogP contribution in [0.25, 0.3) is 0 Å². The minimum atomic E-state index is -0.582. The summed E-state index contributed by atoms with van der Waals surface area (Å²) in [6, 6.07) is 6.79. The molecule has 0 aromatic heterocycles. The van der Waals surface area contributed by atoms with Crippen LogP contribution in [0.1, 0.15) is 62.3 Å². The summed E-state index contributed by atoms with van der Waals surface area (Å²) in [5.74, 6) is -0.481. The smallest absolute Gasteiger partial charge is 0.410 e. The fourth-order valence-electron chi connectivity index (χ4n) is 4.03. The lowest BCUT2D eigenvalue weighted by molar-refractivity contribution is 0.0131. The minimum Gasteiger partial charge on any atom is -0.444 e. The number of carbonyl (C=O) groups excluding carboxylic acids is 4. The normalized spacial score (nSPS) is 17.1. The summed E-state index contributed by atoms with van der Waals surface area (Å²) in [5.41, 5.74) is -0.491. The number of carbonyl (C=O) groups is 4. The monoisotopic (exact) mass is 502 g/mol. The van der Waals surface area contributed by atoms with Crippen LogP contribution in [-0.2, 0) is 9.47 Å². The van der Waals surface area contributed by atoms with Crippen LogP contribution in [0, 0.1) is 0 Å². The first-order valence-corrected chi connectivity index (χ1v) is 12.4. The Bertz CT molecular complexity index is 902. The summed E-state index contributed by atoms with van der Waals surface area (Å²) in [6.45, 7) is 13.8. The van der Waals surface area contributed by atoms with E-state index in [0.717, 1.165) is 0 Å². The van der Waals surface area contributed by atoms with Crippen molar-refractivity contribution in [1.29, 1.82) is 0 Å². The molecule has 1 aromatic rings. The molecule has 36 heavy (non-hydrogen) atoms. The van der Waals surface area contributed by atoms with Gasteiger partial charge in [0.25, 0.3) is 11.8 Å². The lowest BCUT2D eigenvalue weighted by atomic mass is 10.0. The molecule has 0 atom stereocenters. The van der Waals surface area contributed by atoms with Gasteiger partial charge in [-0.15, -0.1) is 0 Å². The molecule has 10 heteroatoms. The Kier molecular flexibility index (Phi) is 8.15. The average molecular weight is 503 g/mol. The molecule has 4 amide bonds. The quantitative estimate of drug-likeness (QED) is 0.616. The van der Waals surface area contributed by atoms with Crippen molar-refractivity contribution in [3.63, 3.8) is 0 Å². The summed E-state index contributed by atoms with van der Waals surface area (Å²) >= 11 is 0. The summed E-state index contributed by atoms with van der Waals surface area (Å²) in [6.07, 6.45) is -0.786. The molecule has 0 unspecified atom stereocenters. The van der Waals surface area contributed by atoms with Gasteiger partial charge in [0.1, 0.15) is 11.2 Å². The number of benzene rings is 1. The summed E-state index contributed by atoms with van der Waals surface area (Å²) in [7, 11) is 0. The van der Waals surface area contributed by atoms with Gasteiger partial charge in [-0.3, -0.25) is 9.59 Å². The highest BCUT2D eigenvalue weighted by Crippen LogP contribution is 2.19. The van der Waals surface area contributed by atoms with E-state index in [0.29, 0.717) is 63.5 Å². The van der Waals surface area contributed by atoms with Gasteiger partial charge in [0.15, 0.2) is 0 Å². The average Bonchev–Trinajstić information content (AvgIpc) is 2.81. The van der Waals surface area contributed by atoms with Crippen molar-refractivity contribution < 1.29 is 28.7 Å². The van der Waals surface area contributed by atoms with Crippen LogP contribution in [0.15, 0.2) is 24.3 Å². The van der Waals surface area contributed by atoms with Crippen molar-refractivity contribution in [1.82, 2.24) is 19.6 Å². The molecule has 0 N–H and O–H groups in total. The first-order chi connectivity index (χ1) is 16.7. The Morgan fingerprint density at radius 2 is 0.833 bits per heavy atom. The van der Waals surface area contributed by atoms with E-state index in [2.05, 4.69) is 0 Å². The highest BCUT2D eigenvalue weighted by molar-refractivity contribution is 6.07. The van der Waals surface area contributed by atoms with Crippen molar-refractivity contribution in [3.05, 3.63) is 35.4 Å². The molecule has 2 aliphatic heterocycles. The Morgan fingerprint density at radius 3 is 1.11 bits per heavy atom. The third-order valence-corrected chi connectivity index (χ3v) is 5.83. The third kappa shape index (κ3) is 7.11. The second-order valence-electron chi connectivity index (χ2n) is 11.1. The number of rotatable bonds is 2. The lowest BCUT2D eigenvalue weighted by Gasteiger charge is -2.37. The van der Waals surface area contributed by atoms with E-state index in [4.69, 9.17) is 9.47 Å². The molecule has 2 saturated heterocycles. The van der Waals surface area contributed by atoms with E-state index >= 15 is 0 Å². The van der Waals surface area contributed by atoms with Gasteiger partial charge in [0.2, 0.25) is 0 Å². The number of piperazine rings is 2. The minimum absolute atomic E-state index is 0.241. The molecule has 0 bridgehead atoms. The number of ether oxygens (including phenoxy) is 2. The van der Waals surface area contributed by atoms with Crippen molar-refractivity contribution in [2.24, 2.45) is 0 Å². The fourth-order valence-corrected chi connectivity index (χ4v) is 4.03. The van der Waals surface area contributed by atoms with E-state index in [9.17, 15) is 19.2 Å². The van der Waals surface area contributed by atoms with Gasteiger partial charge >= 0.3 is 12.2 Å². The SMILES string of the molecule is CC(C)(C)OC(=O)N1CCN(C(=O)c2ccccc2C(=O)N2CCN(C(=O)OC(C)(C)C)CC2)CC1. The number of nitrogens with zero attached hydrogens (tertiary/aromatic N) is 4. The van der Waals surface area contributed by atoms with E-state index in [1.54, 1.807) is 43.9 Å². The highest BCUT2D eigenvalue weighted by Gasteiger charge is 2.32. The summed E-state index contributed by atoms with van der Waals surface area (Å²) < 4.78 is 10.8. The second-order valence-corrected chi connectivity index (χ2v) is 11.1. The van der Waals surface area contributed by atoms with Gasteiger partial charge < -0.3 is 29.1 Å². The summed E-state index contributed by atoms with van der Waals surface area (Å²) in [4.78, 5) is 57.8. The Hall–Kier alpha value is -3.30. The zero-order valence-corrected chi connectivity index (χ0v) is 22.2. The molecule has 2 heterocycles. The Morgan fingerprint density at radius 1 is 0.556 bits per heavy atom. The maximum atomic E-state index is 13.3. The van der Waals surface area contributed by atoms with Crippen LogP contribution >= 0.6 is 0 Å². The third-order valence-electron chi connectivity index (χ3n) is 5.83. The molecule has 198 valence electrons. The number of amides is 4. The Balaban J connectivity index is 1.61. The van der Waals surface area contributed by atoms with Crippen molar-refractivity contribution in [2.75, 3.05) is 52.4 Å². The number of hydrogen-bond donors (Lipinski definition) is 0. The van der Waals surface area contributed by atoms with Gasteiger partial charge in [0, 0.05) is 52.4 Å². The van der Waals surface area contributed by atoms with E-state index < -0.39 is 23.4 Å². The maximum Gasteiger partial charge on any atom is 0.410 e. The van der Waals surface area contributed by atoms with Crippen LogP contribution in [0.3, 0.4) is 0 Å². The first kappa shape index (κ1) is 27.3. The van der Waals surface area contributed by atoms with E-state index in [-0.39, 0.29) is 11.8 Å². The molecule has 1 aromatic carbocycles. The molecule has 3 rings (SSSR count).